The summed E-state index contributed by atoms with van der Waals surface area (Å²) in [7, 11) is 0. The minimum absolute atomic E-state index is 0.0113. The van der Waals surface area contributed by atoms with Gasteiger partial charge in [-0.1, -0.05) is 11.6 Å². The topological polar surface area (TPSA) is 88.1 Å². The van der Waals surface area contributed by atoms with Crippen molar-refractivity contribution in [2.45, 2.75) is 0 Å². The number of H-pyrrole nitrogens is 1. The van der Waals surface area contributed by atoms with Crippen LogP contribution < -0.4 is 10.3 Å². The van der Waals surface area contributed by atoms with Crippen molar-refractivity contribution >= 4 is 22.5 Å². The number of aromatic nitrogens is 3. The summed E-state index contributed by atoms with van der Waals surface area (Å²) in [4.78, 5) is 22.4. The van der Waals surface area contributed by atoms with Crippen molar-refractivity contribution in [2.75, 3.05) is 0 Å². The van der Waals surface area contributed by atoms with Crippen molar-refractivity contribution in [3.05, 3.63) is 52.0 Å². The van der Waals surface area contributed by atoms with Gasteiger partial charge in [-0.15, -0.1) is 0 Å². The van der Waals surface area contributed by atoms with E-state index < -0.39 is 0 Å². The Morgan fingerprint density at radius 2 is 2.15 bits per heavy atom. The molecule has 3 rings (SSSR count). The van der Waals surface area contributed by atoms with E-state index >= 15 is 0 Å². The smallest absolute Gasteiger partial charge is 0.302 e. The van der Waals surface area contributed by atoms with Crippen molar-refractivity contribution in [3.8, 4) is 17.5 Å². The summed E-state index contributed by atoms with van der Waals surface area (Å²) < 4.78 is 5.39. The molecule has 0 radical (unpaired) electrons. The molecule has 100 valence electrons. The Morgan fingerprint density at radius 3 is 2.95 bits per heavy atom. The van der Waals surface area contributed by atoms with Crippen LogP contribution in [0.1, 0.15) is 0 Å². The van der Waals surface area contributed by atoms with Gasteiger partial charge in [0.1, 0.15) is 11.5 Å². The number of pyridine rings is 1. The molecule has 0 fully saturated rings. The molecule has 0 aliphatic rings. The van der Waals surface area contributed by atoms with Gasteiger partial charge in [0.2, 0.25) is 0 Å². The second-order valence-corrected chi connectivity index (χ2v) is 4.39. The quantitative estimate of drug-likeness (QED) is 0.756. The minimum Gasteiger partial charge on any atom is -0.506 e. The van der Waals surface area contributed by atoms with Gasteiger partial charge in [0.25, 0.3) is 5.56 Å². The molecule has 0 bridgehead atoms. The van der Waals surface area contributed by atoms with Crippen LogP contribution in [0.4, 0.5) is 0 Å². The van der Waals surface area contributed by atoms with E-state index in [1.54, 1.807) is 12.1 Å². The summed E-state index contributed by atoms with van der Waals surface area (Å²) in [5, 5.41) is 10.1. The highest BCUT2D eigenvalue weighted by atomic mass is 35.5. The molecule has 0 aliphatic heterocycles. The molecule has 0 aliphatic carbocycles. The Bertz CT molecular complexity index is 848. The molecule has 0 saturated heterocycles. The number of halogens is 1. The first-order chi connectivity index (χ1) is 9.63. The Balaban J connectivity index is 2.02. The van der Waals surface area contributed by atoms with Gasteiger partial charge >= 0.3 is 6.01 Å². The van der Waals surface area contributed by atoms with Crippen LogP contribution in [0, 0.1) is 0 Å². The predicted molar refractivity (Wildman–Crippen MR) is 73.3 cm³/mol. The molecule has 2 heterocycles. The first kappa shape index (κ1) is 12.4. The summed E-state index contributed by atoms with van der Waals surface area (Å²) in [6, 6.07) is 5.94. The van der Waals surface area contributed by atoms with Crippen LogP contribution in [0.3, 0.4) is 0 Å². The van der Waals surface area contributed by atoms with Crippen LogP contribution in [0.2, 0.25) is 5.02 Å². The van der Waals surface area contributed by atoms with Crippen LogP contribution >= 0.6 is 11.6 Å². The van der Waals surface area contributed by atoms with E-state index in [1.165, 1.54) is 24.5 Å². The fourth-order valence-corrected chi connectivity index (χ4v) is 1.80. The number of ether oxygens (including phenoxy) is 1. The van der Waals surface area contributed by atoms with Gasteiger partial charge in [0, 0.05) is 12.3 Å². The zero-order valence-corrected chi connectivity index (χ0v) is 10.8. The number of hydrogen-bond donors (Lipinski definition) is 2. The lowest BCUT2D eigenvalue weighted by atomic mass is 10.3. The van der Waals surface area contributed by atoms with Gasteiger partial charge in [-0.3, -0.25) is 14.8 Å². The van der Waals surface area contributed by atoms with Gasteiger partial charge in [0.15, 0.2) is 0 Å². The fraction of sp³-hybridized carbons (Fsp3) is 0. The number of nitrogens with zero attached hydrogens (tertiary/aromatic N) is 2. The third-order valence-corrected chi connectivity index (χ3v) is 2.94. The molecule has 2 N–H and O–H groups in total. The predicted octanol–water partition coefficient (Wildman–Crippen LogP) is 2.47. The molecular formula is C13H8ClN3O3. The molecule has 20 heavy (non-hydrogen) atoms. The first-order valence-electron chi connectivity index (χ1n) is 5.64. The van der Waals surface area contributed by atoms with E-state index in [4.69, 9.17) is 16.3 Å². The highest BCUT2D eigenvalue weighted by Gasteiger charge is 2.07. The molecule has 0 atom stereocenters. The third kappa shape index (κ3) is 2.28. The number of fused-ring (bicyclic) bond motifs is 1. The first-order valence-corrected chi connectivity index (χ1v) is 6.02. The largest absolute Gasteiger partial charge is 0.506 e. The number of phenolic OH excluding ortho intramolecular Hbond substituents is 1. The lowest BCUT2D eigenvalue weighted by molar-refractivity contribution is 0.432. The van der Waals surface area contributed by atoms with Crippen molar-refractivity contribution in [2.24, 2.45) is 0 Å². The minimum atomic E-state index is -0.328. The maximum atomic E-state index is 11.8. The van der Waals surface area contributed by atoms with Gasteiger partial charge in [-0.05, 0) is 18.2 Å². The zero-order valence-electron chi connectivity index (χ0n) is 10.0. The molecule has 0 spiro atoms. The maximum absolute atomic E-state index is 11.8. The van der Waals surface area contributed by atoms with E-state index in [1.807, 2.05) is 0 Å². The van der Waals surface area contributed by atoms with Crippen LogP contribution in [-0.4, -0.2) is 20.1 Å². The molecule has 1 aromatic carbocycles. The number of aromatic amines is 1. The Kier molecular flexibility index (Phi) is 3.00. The van der Waals surface area contributed by atoms with Crippen molar-refractivity contribution < 1.29 is 9.84 Å². The molecule has 0 saturated carbocycles. The zero-order chi connectivity index (χ0) is 14.1. The maximum Gasteiger partial charge on any atom is 0.302 e. The van der Waals surface area contributed by atoms with Gasteiger partial charge in [-0.2, -0.15) is 4.98 Å². The summed E-state index contributed by atoms with van der Waals surface area (Å²) >= 11 is 5.70. The molecule has 6 nitrogen and oxygen atoms in total. The average Bonchev–Trinajstić information content (AvgIpc) is 2.43. The molecule has 2 aromatic heterocycles. The van der Waals surface area contributed by atoms with Crippen molar-refractivity contribution in [1.29, 1.82) is 0 Å². The summed E-state index contributed by atoms with van der Waals surface area (Å²) in [5.74, 6) is 0.187. The number of rotatable bonds is 2. The summed E-state index contributed by atoms with van der Waals surface area (Å²) in [5.41, 5.74) is 0.0926. The molecule has 0 unspecified atom stereocenters. The number of hydrogen-bond acceptors (Lipinski definition) is 5. The normalized spacial score (nSPS) is 10.7. The monoisotopic (exact) mass is 289 g/mol. The van der Waals surface area contributed by atoms with Gasteiger partial charge < -0.3 is 9.84 Å². The lowest BCUT2D eigenvalue weighted by Crippen LogP contribution is -2.09. The summed E-state index contributed by atoms with van der Waals surface area (Å²) in [6.45, 7) is 0. The molecule has 7 heteroatoms. The van der Waals surface area contributed by atoms with Crippen LogP contribution in [0.25, 0.3) is 10.9 Å². The van der Waals surface area contributed by atoms with E-state index in [0.29, 0.717) is 16.7 Å². The highest BCUT2D eigenvalue weighted by molar-refractivity contribution is 6.32. The van der Waals surface area contributed by atoms with Crippen molar-refractivity contribution in [3.63, 3.8) is 0 Å². The number of phenols is 1. The van der Waals surface area contributed by atoms with E-state index in [0.717, 1.165) is 0 Å². The third-order valence-electron chi connectivity index (χ3n) is 2.62. The molecular weight excluding hydrogens is 282 g/mol. The Labute approximate surface area is 117 Å². The number of nitrogens with one attached hydrogen (secondary N) is 1. The van der Waals surface area contributed by atoms with Crippen LogP contribution in [-0.2, 0) is 0 Å². The SMILES string of the molecule is O=c1[nH]c(Oc2ccc(Cl)c(O)c2)nc2cnccc12. The second kappa shape index (κ2) is 4.82. The fourth-order valence-electron chi connectivity index (χ4n) is 1.68. The summed E-state index contributed by atoms with van der Waals surface area (Å²) in [6.07, 6.45) is 2.98. The van der Waals surface area contributed by atoms with E-state index in [-0.39, 0.29) is 22.3 Å². The van der Waals surface area contributed by atoms with Crippen molar-refractivity contribution in [1.82, 2.24) is 15.0 Å². The standard InChI is InChI=1S/C13H8ClN3O3/c14-9-2-1-7(5-11(9)18)20-13-16-10-6-15-4-3-8(10)12(19)17-13/h1-6,18H,(H,16,17,19). The Morgan fingerprint density at radius 1 is 1.30 bits per heavy atom. The Hall–Kier alpha value is -2.60. The molecule has 3 aromatic rings. The van der Waals surface area contributed by atoms with Gasteiger partial charge in [-0.25, -0.2) is 0 Å². The van der Waals surface area contributed by atoms with Gasteiger partial charge in [0.05, 0.1) is 22.1 Å². The average molecular weight is 290 g/mol. The van der Waals surface area contributed by atoms with Crippen LogP contribution in [0.5, 0.6) is 17.5 Å². The highest BCUT2D eigenvalue weighted by Crippen LogP contribution is 2.29. The lowest BCUT2D eigenvalue weighted by Gasteiger charge is -2.06. The molecule has 0 amide bonds. The second-order valence-electron chi connectivity index (χ2n) is 3.98. The van der Waals surface area contributed by atoms with E-state index in [9.17, 15) is 9.90 Å². The number of benzene rings is 1. The van der Waals surface area contributed by atoms with Crippen LogP contribution in [0.15, 0.2) is 41.5 Å². The van der Waals surface area contributed by atoms with E-state index in [2.05, 4.69) is 15.0 Å². The number of aromatic hydroxyl groups is 1.